The molecule has 114 valence electrons. The van der Waals surface area contributed by atoms with Gasteiger partial charge in [0, 0.05) is 24.7 Å². The van der Waals surface area contributed by atoms with Gasteiger partial charge in [-0.3, -0.25) is 0 Å². The fourth-order valence-electron chi connectivity index (χ4n) is 1.54. The molecular weight excluding hydrogens is 275 g/mol. The van der Waals surface area contributed by atoms with Crippen LogP contribution in [0.5, 0.6) is 17.2 Å². The number of ether oxygens (including phenoxy) is 3. The lowest BCUT2D eigenvalue weighted by atomic mass is 10.3. The summed E-state index contributed by atoms with van der Waals surface area (Å²) in [7, 11) is 3.01. The van der Waals surface area contributed by atoms with Crippen molar-refractivity contribution >= 4 is 0 Å². The van der Waals surface area contributed by atoms with Crippen molar-refractivity contribution in [3.8, 4) is 17.2 Å². The van der Waals surface area contributed by atoms with Gasteiger partial charge in [-0.05, 0) is 6.92 Å². The summed E-state index contributed by atoms with van der Waals surface area (Å²) in [5.74, 6) is 1.58. The van der Waals surface area contributed by atoms with E-state index >= 15 is 0 Å². The molecule has 1 aromatic rings. The largest absolute Gasteiger partial charge is 0.496 e. The van der Waals surface area contributed by atoms with Gasteiger partial charge in [0.25, 0.3) is 0 Å². The lowest BCUT2D eigenvalue weighted by Gasteiger charge is -2.17. The molecule has 1 rings (SSSR count). The van der Waals surface area contributed by atoms with Gasteiger partial charge in [-0.2, -0.15) is 13.2 Å². The number of benzene rings is 1. The molecule has 1 unspecified atom stereocenters. The highest BCUT2D eigenvalue weighted by Gasteiger charge is 2.26. The predicted molar refractivity (Wildman–Crippen MR) is 68.6 cm³/mol. The molecule has 0 saturated carbocycles. The van der Waals surface area contributed by atoms with Gasteiger partial charge in [0.1, 0.15) is 23.4 Å². The van der Waals surface area contributed by atoms with E-state index in [2.05, 4.69) is 5.32 Å². The van der Waals surface area contributed by atoms with Crippen LogP contribution in [0.15, 0.2) is 18.2 Å². The fourth-order valence-corrected chi connectivity index (χ4v) is 1.54. The molecule has 20 heavy (non-hydrogen) atoms. The van der Waals surface area contributed by atoms with Crippen LogP contribution in [-0.4, -0.2) is 39.6 Å². The Kier molecular flexibility index (Phi) is 5.94. The standard InChI is InChI=1S/C13H18F3NO3/c1-9(7-17-8-13(14,15)16)20-12-5-10(18-2)4-11(6-12)19-3/h4-6,9,17H,7-8H2,1-3H3. The second kappa shape index (κ2) is 7.23. The summed E-state index contributed by atoms with van der Waals surface area (Å²) in [6.07, 6.45) is -4.65. The van der Waals surface area contributed by atoms with Crippen LogP contribution >= 0.6 is 0 Å². The van der Waals surface area contributed by atoms with Gasteiger partial charge in [-0.1, -0.05) is 0 Å². The van der Waals surface area contributed by atoms with E-state index in [-0.39, 0.29) is 6.54 Å². The maximum atomic E-state index is 12.0. The predicted octanol–water partition coefficient (Wildman–Crippen LogP) is 2.62. The molecular formula is C13H18F3NO3. The van der Waals surface area contributed by atoms with Crippen LogP contribution < -0.4 is 19.5 Å². The average Bonchev–Trinajstić information content (AvgIpc) is 2.36. The summed E-state index contributed by atoms with van der Waals surface area (Å²) in [6, 6.07) is 4.96. The van der Waals surface area contributed by atoms with E-state index in [4.69, 9.17) is 14.2 Å². The minimum Gasteiger partial charge on any atom is -0.496 e. The summed E-state index contributed by atoms with van der Waals surface area (Å²) < 4.78 is 51.7. The molecule has 0 aliphatic rings. The highest BCUT2D eigenvalue weighted by atomic mass is 19.4. The summed E-state index contributed by atoms with van der Waals surface area (Å²) in [6.45, 7) is 0.719. The smallest absolute Gasteiger partial charge is 0.401 e. The first-order chi connectivity index (χ1) is 9.34. The van der Waals surface area contributed by atoms with Crippen LogP contribution in [0.4, 0.5) is 13.2 Å². The number of hydrogen-bond donors (Lipinski definition) is 1. The second-order valence-electron chi connectivity index (χ2n) is 4.22. The molecule has 1 atom stereocenters. The molecule has 0 saturated heterocycles. The van der Waals surface area contributed by atoms with E-state index in [1.54, 1.807) is 25.1 Å². The van der Waals surface area contributed by atoms with Crippen molar-refractivity contribution in [1.29, 1.82) is 0 Å². The van der Waals surface area contributed by atoms with Crippen LogP contribution in [0.25, 0.3) is 0 Å². The van der Waals surface area contributed by atoms with Gasteiger partial charge >= 0.3 is 6.18 Å². The monoisotopic (exact) mass is 293 g/mol. The van der Waals surface area contributed by atoms with E-state index in [0.29, 0.717) is 17.2 Å². The van der Waals surface area contributed by atoms with Gasteiger partial charge in [0.05, 0.1) is 20.8 Å². The molecule has 0 aromatic heterocycles. The number of halogens is 3. The van der Waals surface area contributed by atoms with Gasteiger partial charge < -0.3 is 19.5 Å². The maximum absolute atomic E-state index is 12.0. The van der Waals surface area contributed by atoms with Crippen molar-refractivity contribution in [2.45, 2.75) is 19.2 Å². The number of rotatable bonds is 7. The summed E-state index contributed by atoms with van der Waals surface area (Å²) in [5, 5.41) is 2.29. The molecule has 0 aliphatic heterocycles. The molecule has 0 heterocycles. The zero-order valence-corrected chi connectivity index (χ0v) is 11.6. The molecule has 0 spiro atoms. The molecule has 1 N–H and O–H groups in total. The van der Waals surface area contributed by atoms with Crippen LogP contribution in [0.2, 0.25) is 0 Å². The van der Waals surface area contributed by atoms with E-state index in [0.717, 1.165) is 0 Å². The molecule has 0 amide bonds. The molecule has 0 fully saturated rings. The van der Waals surface area contributed by atoms with Crippen molar-refractivity contribution in [1.82, 2.24) is 5.32 Å². The van der Waals surface area contributed by atoms with E-state index in [1.165, 1.54) is 14.2 Å². The summed E-state index contributed by atoms with van der Waals surface area (Å²) >= 11 is 0. The SMILES string of the molecule is COc1cc(OC)cc(OC(C)CNCC(F)(F)F)c1. The Hall–Kier alpha value is -1.63. The molecule has 1 aromatic carbocycles. The number of hydrogen-bond acceptors (Lipinski definition) is 4. The zero-order valence-electron chi connectivity index (χ0n) is 11.6. The average molecular weight is 293 g/mol. The minimum atomic E-state index is -4.22. The quantitative estimate of drug-likeness (QED) is 0.839. The van der Waals surface area contributed by atoms with Crippen molar-refractivity contribution in [2.75, 3.05) is 27.3 Å². The molecule has 0 aliphatic carbocycles. The molecule has 4 nitrogen and oxygen atoms in total. The Labute approximate surface area is 115 Å². The van der Waals surface area contributed by atoms with E-state index in [9.17, 15) is 13.2 Å². The summed E-state index contributed by atoms with van der Waals surface area (Å²) in [4.78, 5) is 0. The first-order valence-electron chi connectivity index (χ1n) is 6.01. The number of alkyl halides is 3. The Morgan fingerprint density at radius 1 is 1.05 bits per heavy atom. The van der Waals surface area contributed by atoms with Crippen molar-refractivity contribution in [3.63, 3.8) is 0 Å². The second-order valence-corrected chi connectivity index (χ2v) is 4.22. The normalized spacial score (nSPS) is 12.9. The number of methoxy groups -OCH3 is 2. The molecule has 0 radical (unpaired) electrons. The highest BCUT2D eigenvalue weighted by molar-refractivity contribution is 5.42. The van der Waals surface area contributed by atoms with Crippen molar-refractivity contribution in [3.05, 3.63) is 18.2 Å². The summed E-state index contributed by atoms with van der Waals surface area (Å²) in [5.41, 5.74) is 0. The van der Waals surface area contributed by atoms with E-state index in [1.807, 2.05) is 0 Å². The highest BCUT2D eigenvalue weighted by Crippen LogP contribution is 2.27. The van der Waals surface area contributed by atoms with Crippen molar-refractivity contribution < 1.29 is 27.4 Å². The third-order valence-electron chi connectivity index (χ3n) is 2.42. The van der Waals surface area contributed by atoms with Crippen LogP contribution in [0.3, 0.4) is 0 Å². The minimum absolute atomic E-state index is 0.0824. The van der Waals surface area contributed by atoms with Gasteiger partial charge in [0.15, 0.2) is 0 Å². The Morgan fingerprint density at radius 2 is 1.55 bits per heavy atom. The Balaban J connectivity index is 2.54. The molecule has 7 heteroatoms. The Bertz CT molecular complexity index is 402. The van der Waals surface area contributed by atoms with E-state index < -0.39 is 18.8 Å². The number of nitrogens with one attached hydrogen (secondary N) is 1. The van der Waals surface area contributed by atoms with Crippen molar-refractivity contribution in [2.24, 2.45) is 0 Å². The third kappa shape index (κ3) is 6.01. The first-order valence-corrected chi connectivity index (χ1v) is 6.01. The van der Waals surface area contributed by atoms with Crippen LogP contribution in [-0.2, 0) is 0 Å². The van der Waals surface area contributed by atoms with Crippen LogP contribution in [0, 0.1) is 0 Å². The lowest BCUT2D eigenvalue weighted by molar-refractivity contribution is -0.125. The van der Waals surface area contributed by atoms with Gasteiger partial charge in [0.2, 0.25) is 0 Å². The van der Waals surface area contributed by atoms with Crippen LogP contribution in [0.1, 0.15) is 6.92 Å². The Morgan fingerprint density at radius 3 is 2.00 bits per heavy atom. The third-order valence-corrected chi connectivity index (χ3v) is 2.42. The maximum Gasteiger partial charge on any atom is 0.401 e. The first kappa shape index (κ1) is 16.4. The fraction of sp³-hybridized carbons (Fsp3) is 0.538. The zero-order chi connectivity index (χ0) is 15.2. The van der Waals surface area contributed by atoms with Gasteiger partial charge in [-0.25, -0.2) is 0 Å². The lowest BCUT2D eigenvalue weighted by Crippen LogP contribution is -2.35. The van der Waals surface area contributed by atoms with Gasteiger partial charge in [-0.15, -0.1) is 0 Å². The topological polar surface area (TPSA) is 39.7 Å². The molecule has 0 bridgehead atoms.